The predicted molar refractivity (Wildman–Crippen MR) is 143 cm³/mol. The lowest BCUT2D eigenvalue weighted by Crippen LogP contribution is -2.23. The lowest BCUT2D eigenvalue weighted by atomic mass is 9.78. The fourth-order valence-electron chi connectivity index (χ4n) is 4.98. The van der Waals surface area contributed by atoms with E-state index >= 15 is 0 Å². The van der Waals surface area contributed by atoms with E-state index < -0.39 is 0 Å². The summed E-state index contributed by atoms with van der Waals surface area (Å²) >= 11 is 0. The van der Waals surface area contributed by atoms with E-state index in [1.54, 1.807) is 0 Å². The summed E-state index contributed by atoms with van der Waals surface area (Å²) in [6.45, 7) is 4.53. The van der Waals surface area contributed by atoms with Gasteiger partial charge in [0.2, 0.25) is 0 Å². The average molecular weight is 447 g/mol. The minimum atomic E-state index is 0.174. The van der Waals surface area contributed by atoms with Crippen molar-refractivity contribution in [3.8, 4) is 0 Å². The molecule has 0 fully saturated rings. The van der Waals surface area contributed by atoms with Gasteiger partial charge >= 0.3 is 0 Å². The molecule has 2 atom stereocenters. The number of rotatable bonds is 18. The Morgan fingerprint density at radius 3 is 1.30 bits per heavy atom. The van der Waals surface area contributed by atoms with Crippen LogP contribution >= 0.6 is 0 Å². The zero-order chi connectivity index (χ0) is 23.6. The maximum Gasteiger partial charge on any atom is 0.283 e. The van der Waals surface area contributed by atoms with Gasteiger partial charge in [-0.1, -0.05) is 152 Å². The lowest BCUT2D eigenvalue weighted by Gasteiger charge is -2.21. The van der Waals surface area contributed by atoms with Crippen molar-refractivity contribution in [2.45, 2.75) is 116 Å². The summed E-state index contributed by atoms with van der Waals surface area (Å²) in [4.78, 5) is 4.01. The molecule has 2 heteroatoms. The molecule has 0 aliphatic carbocycles. The van der Waals surface area contributed by atoms with E-state index in [-0.39, 0.29) is 11.8 Å². The van der Waals surface area contributed by atoms with Gasteiger partial charge in [0.05, 0.1) is 11.8 Å². The minimum Gasteiger partial charge on any atom is -0.362 e. The Balaban J connectivity index is 2.16. The highest BCUT2D eigenvalue weighted by atomic mass is 14.9. The normalized spacial score (nSPS) is 12.8. The van der Waals surface area contributed by atoms with Crippen LogP contribution in [0.5, 0.6) is 0 Å². The van der Waals surface area contributed by atoms with Crippen molar-refractivity contribution < 1.29 is 4.79 Å². The highest BCUT2D eigenvalue weighted by molar-refractivity contribution is 5.92. The second-order valence-corrected chi connectivity index (χ2v) is 9.56. The molecule has 2 aromatic carbocycles. The van der Waals surface area contributed by atoms with Crippen LogP contribution in [0.1, 0.15) is 127 Å². The van der Waals surface area contributed by atoms with Gasteiger partial charge in [-0.05, 0) is 24.0 Å². The Morgan fingerprint density at radius 1 is 0.576 bits per heavy atom. The summed E-state index contributed by atoms with van der Waals surface area (Å²) in [6, 6.07) is 21.4. The molecule has 0 spiro atoms. The van der Waals surface area contributed by atoms with Crippen molar-refractivity contribution in [1.82, 2.24) is 0 Å². The second-order valence-electron chi connectivity index (χ2n) is 9.56. The van der Waals surface area contributed by atoms with Crippen LogP contribution in [0.25, 0.3) is 5.53 Å². The smallest absolute Gasteiger partial charge is 0.283 e. The van der Waals surface area contributed by atoms with Crippen molar-refractivity contribution in [2.75, 3.05) is 0 Å². The molecule has 180 valence electrons. The fraction of sp³-hybridized carbons (Fsp3) is 0.581. The van der Waals surface area contributed by atoms with E-state index in [0.29, 0.717) is 0 Å². The Bertz CT molecular complexity index is 716. The summed E-state index contributed by atoms with van der Waals surface area (Å²) in [5.41, 5.74) is 13.8. The van der Waals surface area contributed by atoms with Crippen molar-refractivity contribution in [2.24, 2.45) is 0 Å². The van der Waals surface area contributed by atoms with Crippen molar-refractivity contribution >= 4 is 5.71 Å². The number of hydrogen-bond donors (Lipinski definition) is 0. The van der Waals surface area contributed by atoms with Gasteiger partial charge in [0.1, 0.15) is 0 Å². The third-order valence-corrected chi connectivity index (χ3v) is 6.93. The van der Waals surface area contributed by atoms with Crippen molar-refractivity contribution in [1.29, 1.82) is 0 Å². The van der Waals surface area contributed by atoms with Gasteiger partial charge in [-0.25, -0.2) is 0 Å². The molecule has 0 aromatic heterocycles. The zero-order valence-corrected chi connectivity index (χ0v) is 21.2. The highest BCUT2D eigenvalue weighted by Gasteiger charge is 2.33. The molecule has 0 amide bonds. The van der Waals surface area contributed by atoms with E-state index in [1.165, 1.54) is 88.2 Å². The second kappa shape index (κ2) is 17.3. The minimum absolute atomic E-state index is 0.174. The molecule has 2 unspecified atom stereocenters. The molecule has 0 radical (unpaired) electrons. The predicted octanol–water partition coefficient (Wildman–Crippen LogP) is 9.73. The molecule has 33 heavy (non-hydrogen) atoms. The molecule has 0 saturated heterocycles. The molecular formula is C31H46N2. The van der Waals surface area contributed by atoms with Gasteiger partial charge in [-0.3, -0.25) is 0 Å². The Morgan fingerprint density at radius 2 is 0.939 bits per heavy atom. The molecule has 0 bridgehead atoms. The standard InChI is InChI=1S/C31H46N2/c1-3-5-7-9-11-19-25-29(27-21-15-13-16-22-27)31(33-32)30(28-23-17-14-18-24-28)26-20-12-10-8-6-4-2/h13-18,21-24,29-30H,3-12,19-20,25-26H2,1-2H3. The Kier molecular flexibility index (Phi) is 14.2. The van der Waals surface area contributed by atoms with Crippen LogP contribution < -0.4 is 0 Å². The van der Waals surface area contributed by atoms with Gasteiger partial charge in [-0.15, -0.1) is 0 Å². The molecule has 2 rings (SSSR count). The molecule has 0 heterocycles. The quantitative estimate of drug-likeness (QED) is 0.0945. The first-order chi connectivity index (χ1) is 16.3. The van der Waals surface area contributed by atoms with Crippen LogP contribution in [0.3, 0.4) is 0 Å². The third-order valence-electron chi connectivity index (χ3n) is 6.93. The van der Waals surface area contributed by atoms with Gasteiger partial charge in [0.25, 0.3) is 5.71 Å². The first-order valence-electron chi connectivity index (χ1n) is 13.6. The molecule has 0 aliphatic rings. The summed E-state index contributed by atoms with van der Waals surface area (Å²) in [5, 5.41) is 0. The average Bonchev–Trinajstić information content (AvgIpc) is 2.87. The largest absolute Gasteiger partial charge is 0.362 e. The molecule has 0 N–H and O–H groups in total. The van der Waals surface area contributed by atoms with Crippen LogP contribution in [0.15, 0.2) is 60.7 Å². The zero-order valence-electron chi connectivity index (χ0n) is 21.2. The third kappa shape index (κ3) is 10.1. The van der Waals surface area contributed by atoms with Gasteiger partial charge in [0, 0.05) is 0 Å². The van der Waals surface area contributed by atoms with Gasteiger partial charge in [-0.2, -0.15) is 4.79 Å². The maximum absolute atomic E-state index is 10.3. The summed E-state index contributed by atoms with van der Waals surface area (Å²) in [7, 11) is 0. The van der Waals surface area contributed by atoms with E-state index in [1.807, 2.05) is 0 Å². The first-order valence-corrected chi connectivity index (χ1v) is 13.6. The number of unbranched alkanes of at least 4 members (excludes halogenated alkanes) is 10. The first kappa shape index (κ1) is 27.1. The SMILES string of the molecule is CCCCCCCCC(C(=[N+]=[N-])C(CCCCCCCC)c1ccccc1)c1ccccc1. The Labute approximate surface area is 203 Å². The molecule has 0 aliphatic heterocycles. The molecule has 2 nitrogen and oxygen atoms in total. The summed E-state index contributed by atoms with van der Waals surface area (Å²) < 4.78 is 0. The number of nitrogens with zero attached hydrogens (tertiary/aromatic N) is 2. The Hall–Kier alpha value is -2.18. The monoisotopic (exact) mass is 446 g/mol. The van der Waals surface area contributed by atoms with Crippen LogP contribution in [0, 0.1) is 0 Å². The molecular weight excluding hydrogens is 400 g/mol. The number of benzene rings is 2. The van der Waals surface area contributed by atoms with Crippen LogP contribution in [0.4, 0.5) is 0 Å². The van der Waals surface area contributed by atoms with Crippen LogP contribution in [-0.2, 0) is 0 Å². The van der Waals surface area contributed by atoms with Gasteiger partial charge < -0.3 is 5.53 Å². The summed E-state index contributed by atoms with van der Waals surface area (Å²) in [5.74, 6) is 0.348. The number of hydrogen-bond acceptors (Lipinski definition) is 0. The topological polar surface area (TPSA) is 36.4 Å². The fourth-order valence-corrected chi connectivity index (χ4v) is 4.98. The van der Waals surface area contributed by atoms with Crippen LogP contribution in [0.2, 0.25) is 0 Å². The van der Waals surface area contributed by atoms with E-state index in [4.69, 9.17) is 0 Å². The lowest BCUT2D eigenvalue weighted by molar-refractivity contribution is -0.0157. The highest BCUT2D eigenvalue weighted by Crippen LogP contribution is 2.34. The van der Waals surface area contributed by atoms with Crippen LogP contribution in [-0.4, -0.2) is 10.5 Å². The van der Waals surface area contributed by atoms with Gasteiger partial charge in [0.15, 0.2) is 0 Å². The van der Waals surface area contributed by atoms with E-state index in [9.17, 15) is 5.53 Å². The molecule has 2 aromatic rings. The van der Waals surface area contributed by atoms with E-state index in [0.717, 1.165) is 18.6 Å². The van der Waals surface area contributed by atoms with Crippen molar-refractivity contribution in [3.05, 3.63) is 77.3 Å². The molecule has 0 saturated carbocycles. The van der Waals surface area contributed by atoms with Crippen molar-refractivity contribution in [3.63, 3.8) is 0 Å². The summed E-state index contributed by atoms with van der Waals surface area (Å²) in [6.07, 6.45) is 17.5. The van der Waals surface area contributed by atoms with E-state index in [2.05, 4.69) is 79.3 Å². The maximum atomic E-state index is 10.3.